The highest BCUT2D eigenvalue weighted by Crippen LogP contribution is 2.18. The number of nitro groups is 1. The molecule has 110 valence electrons. The summed E-state index contributed by atoms with van der Waals surface area (Å²) in [6.07, 6.45) is 1.07. The minimum Gasteiger partial charge on any atom is -0.352 e. The van der Waals surface area contributed by atoms with Crippen molar-refractivity contribution in [2.45, 2.75) is 13.3 Å². The number of aryl methyl sites for hydroxylation is 1. The summed E-state index contributed by atoms with van der Waals surface area (Å²) in [5.41, 5.74) is 1.01. The fraction of sp³-hybridized carbons (Fsp3) is 0.462. The molecule has 1 fully saturated rings. The zero-order valence-electron chi connectivity index (χ0n) is 11.2. The van der Waals surface area contributed by atoms with Crippen molar-refractivity contribution >= 4 is 24.0 Å². The number of carbonyl (C=O) groups excluding carboxylic acids is 1. The van der Waals surface area contributed by atoms with E-state index >= 15 is 0 Å². The maximum absolute atomic E-state index is 11.9. The van der Waals surface area contributed by atoms with Gasteiger partial charge in [0.2, 0.25) is 0 Å². The third kappa shape index (κ3) is 3.91. The standard InChI is InChI=1S/C13H17N3O3.ClH/c1-9-6-11(2-3-12(9)16(18)19)13(17)15-8-10-4-5-14-7-10;/h2-3,6,10,14H,4-5,7-8H2,1H3,(H,15,17);1H. The van der Waals surface area contributed by atoms with Gasteiger partial charge in [0.25, 0.3) is 11.6 Å². The predicted octanol–water partition coefficient (Wildman–Crippen LogP) is 1.66. The molecular formula is C13H18ClN3O3. The van der Waals surface area contributed by atoms with Gasteiger partial charge in [-0.1, -0.05) is 0 Å². The Bertz CT molecular complexity index is 502. The molecule has 1 saturated heterocycles. The van der Waals surface area contributed by atoms with Crippen molar-refractivity contribution in [1.29, 1.82) is 0 Å². The lowest BCUT2D eigenvalue weighted by Gasteiger charge is -2.10. The van der Waals surface area contributed by atoms with Crippen LogP contribution in [-0.2, 0) is 0 Å². The van der Waals surface area contributed by atoms with Gasteiger partial charge in [-0.05, 0) is 44.5 Å². The van der Waals surface area contributed by atoms with Crippen LogP contribution in [0, 0.1) is 23.0 Å². The molecule has 0 radical (unpaired) electrons. The largest absolute Gasteiger partial charge is 0.352 e. The Balaban J connectivity index is 0.00000200. The molecular weight excluding hydrogens is 282 g/mol. The number of nitrogens with zero attached hydrogens (tertiary/aromatic N) is 1. The van der Waals surface area contributed by atoms with Crippen molar-refractivity contribution in [2.75, 3.05) is 19.6 Å². The van der Waals surface area contributed by atoms with Crippen LogP contribution >= 0.6 is 12.4 Å². The van der Waals surface area contributed by atoms with Crippen molar-refractivity contribution in [3.05, 3.63) is 39.4 Å². The highest BCUT2D eigenvalue weighted by atomic mass is 35.5. The van der Waals surface area contributed by atoms with Crippen LogP contribution in [0.4, 0.5) is 5.69 Å². The average Bonchev–Trinajstić information content (AvgIpc) is 2.88. The van der Waals surface area contributed by atoms with Crippen LogP contribution in [-0.4, -0.2) is 30.5 Å². The number of nitro benzene ring substituents is 1. The Morgan fingerprint density at radius 2 is 2.30 bits per heavy atom. The summed E-state index contributed by atoms with van der Waals surface area (Å²) in [5, 5.41) is 16.8. The molecule has 1 aliphatic heterocycles. The van der Waals surface area contributed by atoms with Gasteiger partial charge in [0.1, 0.15) is 0 Å². The van der Waals surface area contributed by atoms with Crippen LogP contribution in [0.1, 0.15) is 22.3 Å². The lowest BCUT2D eigenvalue weighted by atomic mass is 10.1. The molecule has 7 heteroatoms. The maximum Gasteiger partial charge on any atom is 0.272 e. The summed E-state index contributed by atoms with van der Waals surface area (Å²) in [6.45, 7) is 4.20. The molecule has 0 saturated carbocycles. The first-order valence-electron chi connectivity index (χ1n) is 6.32. The van der Waals surface area contributed by atoms with Crippen LogP contribution in [0.5, 0.6) is 0 Å². The van der Waals surface area contributed by atoms with E-state index in [1.54, 1.807) is 13.0 Å². The molecule has 1 heterocycles. The van der Waals surface area contributed by atoms with Gasteiger partial charge in [0.05, 0.1) is 4.92 Å². The van der Waals surface area contributed by atoms with E-state index in [-0.39, 0.29) is 24.0 Å². The van der Waals surface area contributed by atoms with Crippen LogP contribution in [0.3, 0.4) is 0 Å². The monoisotopic (exact) mass is 299 g/mol. The molecule has 1 aromatic rings. The van der Waals surface area contributed by atoms with Gasteiger partial charge in [-0.3, -0.25) is 14.9 Å². The molecule has 0 aromatic heterocycles. The molecule has 0 aliphatic carbocycles. The quantitative estimate of drug-likeness (QED) is 0.654. The van der Waals surface area contributed by atoms with E-state index in [1.165, 1.54) is 12.1 Å². The Labute approximate surface area is 123 Å². The summed E-state index contributed by atoms with van der Waals surface area (Å²) < 4.78 is 0. The second kappa shape index (κ2) is 7.21. The molecule has 0 bridgehead atoms. The van der Waals surface area contributed by atoms with E-state index in [4.69, 9.17) is 0 Å². The second-order valence-electron chi connectivity index (χ2n) is 4.83. The highest BCUT2D eigenvalue weighted by Gasteiger charge is 2.17. The third-order valence-corrected chi connectivity index (χ3v) is 3.37. The summed E-state index contributed by atoms with van der Waals surface area (Å²) >= 11 is 0. The van der Waals surface area contributed by atoms with Crippen LogP contribution in [0.2, 0.25) is 0 Å². The number of rotatable bonds is 4. The minimum atomic E-state index is -0.443. The number of hydrogen-bond donors (Lipinski definition) is 2. The van der Waals surface area contributed by atoms with E-state index in [0.29, 0.717) is 23.6 Å². The molecule has 2 rings (SSSR count). The van der Waals surface area contributed by atoms with E-state index in [2.05, 4.69) is 10.6 Å². The first kappa shape index (κ1) is 16.4. The Kier molecular flexibility index (Phi) is 5.91. The summed E-state index contributed by atoms with van der Waals surface area (Å²) in [5.74, 6) is 0.299. The van der Waals surface area contributed by atoms with Gasteiger partial charge >= 0.3 is 0 Å². The Hall–Kier alpha value is -1.66. The highest BCUT2D eigenvalue weighted by molar-refractivity contribution is 5.94. The molecule has 0 spiro atoms. The molecule has 6 nitrogen and oxygen atoms in total. The van der Waals surface area contributed by atoms with E-state index in [9.17, 15) is 14.9 Å². The SMILES string of the molecule is Cc1cc(C(=O)NCC2CCNC2)ccc1[N+](=O)[O-].Cl. The number of nitrogens with one attached hydrogen (secondary N) is 2. The minimum absolute atomic E-state index is 0. The number of amides is 1. The normalized spacial score (nSPS) is 17.4. The molecule has 1 unspecified atom stereocenters. The zero-order valence-corrected chi connectivity index (χ0v) is 12.0. The lowest BCUT2D eigenvalue weighted by molar-refractivity contribution is -0.385. The third-order valence-electron chi connectivity index (χ3n) is 3.37. The van der Waals surface area contributed by atoms with Gasteiger partial charge in [-0.15, -0.1) is 12.4 Å². The number of carbonyl (C=O) groups is 1. The Morgan fingerprint density at radius 3 is 2.85 bits per heavy atom. The van der Waals surface area contributed by atoms with Crippen molar-refractivity contribution in [1.82, 2.24) is 10.6 Å². The second-order valence-corrected chi connectivity index (χ2v) is 4.83. The zero-order chi connectivity index (χ0) is 13.8. The molecule has 1 aromatic carbocycles. The number of halogens is 1. The predicted molar refractivity (Wildman–Crippen MR) is 78.4 cm³/mol. The average molecular weight is 300 g/mol. The van der Waals surface area contributed by atoms with Crippen molar-refractivity contribution in [3.8, 4) is 0 Å². The topological polar surface area (TPSA) is 84.3 Å². The number of hydrogen-bond acceptors (Lipinski definition) is 4. The summed E-state index contributed by atoms with van der Waals surface area (Å²) in [7, 11) is 0. The van der Waals surface area contributed by atoms with Crippen molar-refractivity contribution < 1.29 is 9.72 Å². The maximum atomic E-state index is 11.9. The van der Waals surface area contributed by atoms with Gasteiger partial charge in [-0.2, -0.15) is 0 Å². The van der Waals surface area contributed by atoms with Gasteiger partial charge < -0.3 is 10.6 Å². The lowest BCUT2D eigenvalue weighted by Crippen LogP contribution is -2.30. The van der Waals surface area contributed by atoms with Crippen molar-refractivity contribution in [3.63, 3.8) is 0 Å². The fourth-order valence-corrected chi connectivity index (χ4v) is 2.23. The van der Waals surface area contributed by atoms with E-state index < -0.39 is 4.92 Å². The summed E-state index contributed by atoms with van der Waals surface area (Å²) in [6, 6.07) is 4.43. The van der Waals surface area contributed by atoms with Crippen LogP contribution in [0.15, 0.2) is 18.2 Å². The van der Waals surface area contributed by atoms with E-state index in [1.807, 2.05) is 0 Å². The van der Waals surface area contributed by atoms with Crippen LogP contribution < -0.4 is 10.6 Å². The van der Waals surface area contributed by atoms with Gasteiger partial charge in [0, 0.05) is 23.7 Å². The molecule has 1 atom stereocenters. The first-order valence-corrected chi connectivity index (χ1v) is 6.32. The molecule has 1 amide bonds. The van der Waals surface area contributed by atoms with Crippen molar-refractivity contribution in [2.24, 2.45) is 5.92 Å². The van der Waals surface area contributed by atoms with Gasteiger partial charge in [0.15, 0.2) is 0 Å². The molecule has 2 N–H and O–H groups in total. The molecule has 1 aliphatic rings. The fourth-order valence-electron chi connectivity index (χ4n) is 2.23. The summed E-state index contributed by atoms with van der Waals surface area (Å²) in [4.78, 5) is 22.2. The Morgan fingerprint density at radius 1 is 1.55 bits per heavy atom. The van der Waals surface area contributed by atoms with Crippen LogP contribution in [0.25, 0.3) is 0 Å². The van der Waals surface area contributed by atoms with Gasteiger partial charge in [-0.25, -0.2) is 0 Å². The first-order chi connectivity index (χ1) is 9.08. The van der Waals surface area contributed by atoms with E-state index in [0.717, 1.165) is 19.5 Å². The smallest absolute Gasteiger partial charge is 0.272 e. The number of benzene rings is 1. The molecule has 20 heavy (non-hydrogen) atoms.